The van der Waals surface area contributed by atoms with Gasteiger partial charge >= 0.3 is 0 Å². The van der Waals surface area contributed by atoms with Crippen molar-refractivity contribution in [1.29, 1.82) is 0 Å². The van der Waals surface area contributed by atoms with E-state index in [-0.39, 0.29) is 23.1 Å². The molecule has 5 heteroatoms. The molecule has 4 nitrogen and oxygen atoms in total. The maximum absolute atomic E-state index is 12.9. The van der Waals surface area contributed by atoms with Crippen molar-refractivity contribution in [3.05, 3.63) is 29.6 Å². The predicted molar refractivity (Wildman–Crippen MR) is 64.0 cm³/mol. The van der Waals surface area contributed by atoms with E-state index >= 15 is 0 Å². The molecule has 1 aliphatic heterocycles. The molecule has 1 N–H and O–H groups in total. The van der Waals surface area contributed by atoms with Crippen LogP contribution in [0.1, 0.15) is 17.3 Å². The Morgan fingerprint density at radius 1 is 1.56 bits per heavy atom. The lowest BCUT2D eigenvalue weighted by Gasteiger charge is -2.22. The van der Waals surface area contributed by atoms with E-state index in [1.165, 1.54) is 12.1 Å². The summed E-state index contributed by atoms with van der Waals surface area (Å²) in [5.74, 6) is -0.918. The number of carbonyl (C=O) groups excluding carboxylic acids is 1. The molecule has 1 aromatic rings. The Kier molecular flexibility index (Phi) is 3.81. The molecule has 0 radical (unpaired) electrons. The second-order valence-electron chi connectivity index (χ2n) is 4.59. The molecule has 1 heterocycles. The first-order valence-corrected chi connectivity index (χ1v) is 5.93. The number of phenolic OH excluding ortho intramolecular Hbond substituents is 1. The van der Waals surface area contributed by atoms with Crippen LogP contribution in [0.25, 0.3) is 0 Å². The number of aromatic hydroxyl groups is 1. The van der Waals surface area contributed by atoms with Gasteiger partial charge < -0.3 is 14.7 Å². The first kappa shape index (κ1) is 12.8. The number of carbonyl (C=O) groups is 1. The van der Waals surface area contributed by atoms with Gasteiger partial charge in [-0.15, -0.1) is 0 Å². The van der Waals surface area contributed by atoms with E-state index in [9.17, 15) is 14.3 Å². The van der Waals surface area contributed by atoms with E-state index in [4.69, 9.17) is 4.74 Å². The molecule has 1 amide bonds. The van der Waals surface area contributed by atoms with Gasteiger partial charge in [-0.2, -0.15) is 0 Å². The molecule has 98 valence electrons. The summed E-state index contributed by atoms with van der Waals surface area (Å²) in [7, 11) is 0. The van der Waals surface area contributed by atoms with Crippen LogP contribution >= 0.6 is 0 Å². The highest BCUT2D eigenvalue weighted by molar-refractivity contribution is 5.96. The van der Waals surface area contributed by atoms with Gasteiger partial charge in [-0.3, -0.25) is 4.79 Å². The Balaban J connectivity index is 2.19. The van der Waals surface area contributed by atoms with E-state index in [1.807, 2.05) is 6.92 Å². The quantitative estimate of drug-likeness (QED) is 0.827. The minimum Gasteiger partial charge on any atom is -0.507 e. The van der Waals surface area contributed by atoms with Crippen LogP contribution < -0.4 is 0 Å². The van der Waals surface area contributed by atoms with Crippen LogP contribution in [0.5, 0.6) is 5.75 Å². The zero-order valence-electron chi connectivity index (χ0n) is 10.2. The summed E-state index contributed by atoms with van der Waals surface area (Å²) in [6.07, 6.45) is 0. The van der Waals surface area contributed by atoms with Gasteiger partial charge in [0.15, 0.2) is 0 Å². The van der Waals surface area contributed by atoms with Crippen LogP contribution in [0.2, 0.25) is 0 Å². The average molecular weight is 253 g/mol. The van der Waals surface area contributed by atoms with Crippen molar-refractivity contribution < 1.29 is 19.0 Å². The molecular formula is C13H16FNO3. The van der Waals surface area contributed by atoms with E-state index in [0.717, 1.165) is 6.07 Å². The molecule has 1 aromatic carbocycles. The molecule has 1 fully saturated rings. The van der Waals surface area contributed by atoms with Gasteiger partial charge in [-0.25, -0.2) is 4.39 Å². The van der Waals surface area contributed by atoms with Crippen LogP contribution in [0.4, 0.5) is 4.39 Å². The SMILES string of the molecule is CC1COCCN(C(=O)c2ccc(F)cc2O)C1. The number of hydrogen-bond acceptors (Lipinski definition) is 3. The van der Waals surface area contributed by atoms with Crippen LogP contribution in [0, 0.1) is 11.7 Å². The average Bonchev–Trinajstić information content (AvgIpc) is 2.53. The number of hydrogen-bond donors (Lipinski definition) is 1. The van der Waals surface area contributed by atoms with Crippen molar-refractivity contribution in [1.82, 2.24) is 4.90 Å². The topological polar surface area (TPSA) is 49.8 Å². The van der Waals surface area contributed by atoms with Gasteiger partial charge in [0.1, 0.15) is 11.6 Å². The van der Waals surface area contributed by atoms with Crippen LogP contribution in [-0.4, -0.2) is 42.2 Å². The van der Waals surface area contributed by atoms with E-state index < -0.39 is 5.82 Å². The predicted octanol–water partition coefficient (Wildman–Crippen LogP) is 1.64. The van der Waals surface area contributed by atoms with Crippen molar-refractivity contribution >= 4 is 5.91 Å². The van der Waals surface area contributed by atoms with Crippen LogP contribution in [0.15, 0.2) is 18.2 Å². The molecular weight excluding hydrogens is 237 g/mol. The summed E-state index contributed by atoms with van der Waals surface area (Å²) in [5.41, 5.74) is 0.130. The van der Waals surface area contributed by atoms with Crippen molar-refractivity contribution in [2.75, 3.05) is 26.3 Å². The third kappa shape index (κ3) is 2.79. The lowest BCUT2D eigenvalue weighted by atomic mass is 10.1. The summed E-state index contributed by atoms with van der Waals surface area (Å²) >= 11 is 0. The molecule has 1 unspecified atom stereocenters. The highest BCUT2D eigenvalue weighted by Gasteiger charge is 2.23. The number of ether oxygens (including phenoxy) is 1. The first-order valence-electron chi connectivity index (χ1n) is 5.93. The Hall–Kier alpha value is -1.62. The van der Waals surface area contributed by atoms with E-state index in [1.54, 1.807) is 4.90 Å². The Morgan fingerprint density at radius 3 is 3.06 bits per heavy atom. The number of benzene rings is 1. The summed E-state index contributed by atoms with van der Waals surface area (Å²) in [5, 5.41) is 9.61. The van der Waals surface area contributed by atoms with Gasteiger partial charge in [0.25, 0.3) is 5.91 Å². The van der Waals surface area contributed by atoms with E-state index in [0.29, 0.717) is 26.3 Å². The van der Waals surface area contributed by atoms with Gasteiger partial charge in [0.2, 0.25) is 0 Å². The standard InChI is InChI=1S/C13H16FNO3/c1-9-7-15(4-5-18-8-9)13(17)11-3-2-10(14)6-12(11)16/h2-3,6,9,16H,4-5,7-8H2,1H3. The van der Waals surface area contributed by atoms with Gasteiger partial charge in [-0.1, -0.05) is 6.92 Å². The fraction of sp³-hybridized carbons (Fsp3) is 0.462. The summed E-state index contributed by atoms with van der Waals surface area (Å²) < 4.78 is 18.2. The van der Waals surface area contributed by atoms with Gasteiger partial charge in [0, 0.05) is 19.2 Å². The zero-order chi connectivity index (χ0) is 13.1. The molecule has 1 atom stereocenters. The van der Waals surface area contributed by atoms with Crippen molar-refractivity contribution in [3.8, 4) is 5.75 Å². The summed E-state index contributed by atoms with van der Waals surface area (Å²) in [6, 6.07) is 3.43. The maximum Gasteiger partial charge on any atom is 0.257 e. The fourth-order valence-corrected chi connectivity index (χ4v) is 2.02. The summed E-state index contributed by atoms with van der Waals surface area (Å²) in [4.78, 5) is 13.8. The lowest BCUT2D eigenvalue weighted by Crippen LogP contribution is -2.35. The Morgan fingerprint density at radius 2 is 2.33 bits per heavy atom. The van der Waals surface area contributed by atoms with Crippen molar-refractivity contribution in [2.24, 2.45) is 5.92 Å². The molecule has 0 bridgehead atoms. The second-order valence-corrected chi connectivity index (χ2v) is 4.59. The number of nitrogens with zero attached hydrogens (tertiary/aromatic N) is 1. The smallest absolute Gasteiger partial charge is 0.257 e. The molecule has 0 saturated carbocycles. The zero-order valence-corrected chi connectivity index (χ0v) is 10.2. The Bertz CT molecular complexity index is 450. The van der Waals surface area contributed by atoms with Crippen LogP contribution in [0.3, 0.4) is 0 Å². The second kappa shape index (κ2) is 5.35. The molecule has 18 heavy (non-hydrogen) atoms. The minimum atomic E-state index is -0.559. The molecule has 0 spiro atoms. The van der Waals surface area contributed by atoms with Crippen molar-refractivity contribution in [2.45, 2.75) is 6.92 Å². The lowest BCUT2D eigenvalue weighted by molar-refractivity contribution is 0.0735. The normalized spacial score (nSPS) is 20.6. The van der Waals surface area contributed by atoms with Gasteiger partial charge in [-0.05, 0) is 18.1 Å². The maximum atomic E-state index is 12.9. The molecule has 1 saturated heterocycles. The first-order chi connectivity index (χ1) is 8.58. The summed E-state index contributed by atoms with van der Waals surface area (Å²) in [6.45, 7) is 4.17. The fourth-order valence-electron chi connectivity index (χ4n) is 2.02. The highest BCUT2D eigenvalue weighted by atomic mass is 19.1. The molecule has 0 aromatic heterocycles. The van der Waals surface area contributed by atoms with Crippen LogP contribution in [-0.2, 0) is 4.74 Å². The highest BCUT2D eigenvalue weighted by Crippen LogP contribution is 2.21. The number of rotatable bonds is 1. The number of phenols is 1. The van der Waals surface area contributed by atoms with Crippen molar-refractivity contribution in [3.63, 3.8) is 0 Å². The molecule has 0 aliphatic carbocycles. The number of halogens is 1. The minimum absolute atomic E-state index is 0.130. The van der Waals surface area contributed by atoms with Gasteiger partial charge in [0.05, 0.1) is 18.8 Å². The largest absolute Gasteiger partial charge is 0.507 e. The third-order valence-corrected chi connectivity index (χ3v) is 2.92. The van der Waals surface area contributed by atoms with E-state index in [2.05, 4.69) is 0 Å². The Labute approximate surface area is 105 Å². The third-order valence-electron chi connectivity index (χ3n) is 2.92. The molecule has 1 aliphatic rings. The molecule has 2 rings (SSSR count). The monoisotopic (exact) mass is 253 g/mol. The number of amides is 1.